The van der Waals surface area contributed by atoms with E-state index in [0.29, 0.717) is 16.3 Å². The molecule has 0 fully saturated rings. The zero-order chi connectivity index (χ0) is 13.4. The first-order valence-electron chi connectivity index (χ1n) is 5.46. The summed E-state index contributed by atoms with van der Waals surface area (Å²) in [6.07, 6.45) is 0. The molecular formula is C12H15ClN2O3. The average molecular weight is 271 g/mol. The second-order valence-corrected chi connectivity index (χ2v) is 4.82. The predicted molar refractivity (Wildman–Crippen MR) is 66.7 cm³/mol. The first kappa shape index (κ1) is 13.3. The molecule has 0 aromatic heterocycles. The number of ether oxygens (including phenoxy) is 3. The first-order chi connectivity index (χ1) is 8.42. The van der Waals surface area contributed by atoms with Crippen molar-refractivity contribution in [3.8, 4) is 5.75 Å². The van der Waals surface area contributed by atoms with Gasteiger partial charge in [-0.05, 0) is 32.0 Å². The zero-order valence-corrected chi connectivity index (χ0v) is 11.5. The number of benzene rings is 1. The Morgan fingerprint density at radius 2 is 1.94 bits per heavy atom. The molecule has 1 aromatic carbocycles. The molecule has 6 heteroatoms. The van der Waals surface area contributed by atoms with Gasteiger partial charge in [-0.1, -0.05) is 11.6 Å². The molecule has 2 rings (SSSR count). The Labute approximate surface area is 111 Å². The van der Waals surface area contributed by atoms with E-state index in [0.717, 1.165) is 0 Å². The van der Waals surface area contributed by atoms with Crippen LogP contribution < -0.4 is 4.74 Å². The summed E-state index contributed by atoms with van der Waals surface area (Å²) in [5.74, 6) is -0.724. The highest BCUT2D eigenvalue weighted by molar-refractivity contribution is 6.30. The molecule has 0 radical (unpaired) electrons. The third-order valence-electron chi connectivity index (χ3n) is 2.59. The maximum absolute atomic E-state index is 6.00. The lowest BCUT2D eigenvalue weighted by atomic mass is 10.1. The summed E-state index contributed by atoms with van der Waals surface area (Å²) in [5.41, 5.74) is -0.155. The van der Waals surface area contributed by atoms with Crippen molar-refractivity contribution >= 4 is 11.6 Å². The largest absolute Gasteiger partial charge is 0.496 e. The third-order valence-corrected chi connectivity index (χ3v) is 2.82. The normalized spacial score (nSPS) is 25.4. The van der Waals surface area contributed by atoms with Crippen LogP contribution in [-0.2, 0) is 15.4 Å². The highest BCUT2D eigenvalue weighted by Gasteiger charge is 2.47. The van der Waals surface area contributed by atoms with E-state index in [1.165, 1.54) is 7.11 Å². The lowest BCUT2D eigenvalue weighted by Crippen LogP contribution is -2.33. The second kappa shape index (κ2) is 4.50. The van der Waals surface area contributed by atoms with E-state index in [1.807, 2.05) is 0 Å². The minimum absolute atomic E-state index is 0.547. The van der Waals surface area contributed by atoms with Gasteiger partial charge in [0.25, 0.3) is 0 Å². The summed E-state index contributed by atoms with van der Waals surface area (Å²) in [7, 11) is 3.06. The Morgan fingerprint density at radius 1 is 1.22 bits per heavy atom. The summed E-state index contributed by atoms with van der Waals surface area (Å²) < 4.78 is 16.5. The molecule has 1 aliphatic heterocycles. The van der Waals surface area contributed by atoms with Crippen LogP contribution in [0.2, 0.25) is 5.02 Å². The number of hydrogen-bond donors (Lipinski definition) is 0. The van der Waals surface area contributed by atoms with Crippen LogP contribution in [0, 0.1) is 0 Å². The number of nitrogens with zero attached hydrogens (tertiary/aromatic N) is 2. The Hall–Kier alpha value is -1.17. The molecule has 0 aliphatic carbocycles. The molecule has 0 N–H and O–H groups in total. The number of hydrogen-bond acceptors (Lipinski definition) is 5. The summed E-state index contributed by atoms with van der Waals surface area (Å²) in [4.78, 5) is 0. The lowest BCUT2D eigenvalue weighted by molar-refractivity contribution is -0.248. The van der Waals surface area contributed by atoms with Crippen LogP contribution in [0.3, 0.4) is 0 Å². The molecule has 5 nitrogen and oxygen atoms in total. The van der Waals surface area contributed by atoms with Crippen molar-refractivity contribution in [2.45, 2.75) is 25.5 Å². The van der Waals surface area contributed by atoms with Crippen molar-refractivity contribution in [1.29, 1.82) is 0 Å². The monoisotopic (exact) mass is 270 g/mol. The summed E-state index contributed by atoms with van der Waals surface area (Å²) >= 11 is 6.00. The van der Waals surface area contributed by atoms with Crippen LogP contribution in [-0.4, -0.2) is 19.9 Å². The predicted octanol–water partition coefficient (Wildman–Crippen LogP) is 3.32. The van der Waals surface area contributed by atoms with Gasteiger partial charge < -0.3 is 9.47 Å². The minimum atomic E-state index is -1.31. The SMILES string of the molecule is COc1ccc(Cl)cc1C1(OC)N=NC(C)(C)O1. The van der Waals surface area contributed by atoms with Crippen LogP contribution in [0.15, 0.2) is 28.4 Å². The summed E-state index contributed by atoms with van der Waals surface area (Å²) in [5, 5.41) is 8.70. The smallest absolute Gasteiger partial charge is 0.321 e. The van der Waals surface area contributed by atoms with E-state index in [-0.39, 0.29) is 0 Å². The number of rotatable bonds is 3. The highest BCUT2D eigenvalue weighted by atomic mass is 35.5. The van der Waals surface area contributed by atoms with E-state index < -0.39 is 11.6 Å². The van der Waals surface area contributed by atoms with Gasteiger partial charge in [-0.3, -0.25) is 4.74 Å². The highest BCUT2D eigenvalue weighted by Crippen LogP contribution is 2.44. The van der Waals surface area contributed by atoms with Crippen molar-refractivity contribution in [3.63, 3.8) is 0 Å². The fourth-order valence-corrected chi connectivity index (χ4v) is 1.97. The fraction of sp³-hybridized carbons (Fsp3) is 0.500. The van der Waals surface area contributed by atoms with E-state index in [9.17, 15) is 0 Å². The van der Waals surface area contributed by atoms with Crippen LogP contribution >= 0.6 is 11.6 Å². The molecule has 0 spiro atoms. The van der Waals surface area contributed by atoms with Gasteiger partial charge in [0.1, 0.15) is 5.75 Å². The third kappa shape index (κ3) is 2.21. The molecule has 1 aliphatic rings. The van der Waals surface area contributed by atoms with Crippen molar-refractivity contribution in [3.05, 3.63) is 28.8 Å². The van der Waals surface area contributed by atoms with Crippen molar-refractivity contribution < 1.29 is 14.2 Å². The molecule has 0 amide bonds. The Balaban J connectivity index is 2.52. The molecule has 98 valence electrons. The van der Waals surface area contributed by atoms with E-state index >= 15 is 0 Å². The lowest BCUT2D eigenvalue weighted by Gasteiger charge is -2.27. The minimum Gasteiger partial charge on any atom is -0.496 e. The second-order valence-electron chi connectivity index (χ2n) is 4.38. The molecule has 1 atom stereocenters. The van der Waals surface area contributed by atoms with Crippen molar-refractivity contribution in [1.82, 2.24) is 0 Å². The van der Waals surface area contributed by atoms with E-state index in [1.54, 1.807) is 39.2 Å². The quantitative estimate of drug-likeness (QED) is 0.846. The molecule has 1 aromatic rings. The first-order valence-corrected chi connectivity index (χ1v) is 5.84. The molecular weight excluding hydrogens is 256 g/mol. The Kier molecular flexibility index (Phi) is 3.31. The Morgan fingerprint density at radius 3 is 2.44 bits per heavy atom. The molecule has 0 saturated heterocycles. The van der Waals surface area contributed by atoms with Gasteiger partial charge in [0, 0.05) is 12.1 Å². The molecule has 1 unspecified atom stereocenters. The van der Waals surface area contributed by atoms with Gasteiger partial charge in [0.2, 0.25) is 0 Å². The fourth-order valence-electron chi connectivity index (χ4n) is 1.79. The van der Waals surface area contributed by atoms with Gasteiger partial charge in [-0.25, -0.2) is 0 Å². The summed E-state index contributed by atoms with van der Waals surface area (Å²) in [6, 6.07) is 5.16. The van der Waals surface area contributed by atoms with Crippen LogP contribution in [0.5, 0.6) is 5.75 Å². The van der Waals surface area contributed by atoms with Crippen molar-refractivity contribution in [2.24, 2.45) is 10.2 Å². The topological polar surface area (TPSA) is 52.4 Å². The maximum Gasteiger partial charge on any atom is 0.321 e. The van der Waals surface area contributed by atoms with Crippen LogP contribution in [0.25, 0.3) is 0 Å². The number of azo groups is 1. The van der Waals surface area contributed by atoms with Gasteiger partial charge >= 0.3 is 5.91 Å². The van der Waals surface area contributed by atoms with Crippen molar-refractivity contribution in [2.75, 3.05) is 14.2 Å². The van der Waals surface area contributed by atoms with Crippen LogP contribution in [0.1, 0.15) is 19.4 Å². The average Bonchev–Trinajstić information content (AvgIpc) is 2.66. The summed E-state index contributed by atoms with van der Waals surface area (Å²) in [6.45, 7) is 3.60. The molecule has 1 heterocycles. The number of halogens is 1. The van der Waals surface area contributed by atoms with Gasteiger partial charge in [-0.15, -0.1) is 5.11 Å². The van der Waals surface area contributed by atoms with Gasteiger partial charge in [0.05, 0.1) is 12.7 Å². The molecule has 0 saturated carbocycles. The zero-order valence-electron chi connectivity index (χ0n) is 10.7. The van der Waals surface area contributed by atoms with Gasteiger partial charge in [0.15, 0.2) is 5.72 Å². The number of methoxy groups -OCH3 is 2. The Bertz CT molecular complexity index is 490. The van der Waals surface area contributed by atoms with E-state index in [4.69, 9.17) is 25.8 Å². The van der Waals surface area contributed by atoms with E-state index in [2.05, 4.69) is 10.2 Å². The maximum atomic E-state index is 6.00. The van der Waals surface area contributed by atoms with Gasteiger partial charge in [-0.2, -0.15) is 5.11 Å². The molecule has 0 bridgehead atoms. The standard InChI is InChI=1S/C12H15ClN2O3/c1-11(2)14-15-12(17-4,18-11)9-7-8(13)5-6-10(9)16-3/h5-7H,1-4H3. The molecule has 18 heavy (non-hydrogen) atoms. The van der Waals surface area contributed by atoms with Crippen LogP contribution in [0.4, 0.5) is 0 Å².